The van der Waals surface area contributed by atoms with Crippen LogP contribution in [0.4, 0.5) is 10.1 Å². The van der Waals surface area contributed by atoms with E-state index in [-0.39, 0.29) is 22.9 Å². The first-order valence-corrected chi connectivity index (χ1v) is 7.82. The number of esters is 1. The molecule has 2 aliphatic heterocycles. The van der Waals surface area contributed by atoms with Crippen LogP contribution in [0.15, 0.2) is 18.2 Å². The Bertz CT molecular complexity index is 669. The average Bonchev–Trinajstić information content (AvgIpc) is 2.79. The normalized spacial score (nSPS) is 27.9. The number of nitrogens with zero attached hydrogens (tertiary/aromatic N) is 2. The number of amides is 1. The van der Waals surface area contributed by atoms with Gasteiger partial charge in [0.1, 0.15) is 0 Å². The molecule has 23 heavy (non-hydrogen) atoms. The smallest absolute Gasteiger partial charge is 0.339 e. The van der Waals surface area contributed by atoms with Crippen molar-refractivity contribution in [3.63, 3.8) is 0 Å². The number of hydrogen-bond donors (Lipinski definition) is 0. The van der Waals surface area contributed by atoms with Crippen LogP contribution in [0.25, 0.3) is 0 Å². The number of rotatable bonds is 2. The largest absolute Gasteiger partial charge is 0.465 e. The molecule has 1 aromatic carbocycles. The highest BCUT2D eigenvalue weighted by molar-refractivity contribution is 6.34. The first-order chi connectivity index (χ1) is 10.9. The lowest BCUT2D eigenvalue weighted by atomic mass is 9.85. The third-order valence-corrected chi connectivity index (χ3v) is 5.02. The van der Waals surface area contributed by atoms with E-state index in [1.165, 1.54) is 24.1 Å². The minimum atomic E-state index is -1.81. The van der Waals surface area contributed by atoms with E-state index in [0.29, 0.717) is 25.3 Å². The van der Waals surface area contributed by atoms with Crippen molar-refractivity contribution in [2.45, 2.75) is 12.1 Å². The van der Waals surface area contributed by atoms with E-state index in [0.717, 1.165) is 0 Å². The van der Waals surface area contributed by atoms with Crippen molar-refractivity contribution in [3.8, 4) is 0 Å². The summed E-state index contributed by atoms with van der Waals surface area (Å²) in [5.74, 6) is -1.42. The molecule has 2 saturated heterocycles. The Labute approximate surface area is 138 Å². The van der Waals surface area contributed by atoms with Crippen molar-refractivity contribution in [3.05, 3.63) is 28.8 Å². The third kappa shape index (κ3) is 2.60. The number of methoxy groups -OCH3 is 1. The van der Waals surface area contributed by atoms with Gasteiger partial charge < -0.3 is 14.5 Å². The Hall–Kier alpha value is -1.66. The van der Waals surface area contributed by atoms with Gasteiger partial charge in [0.2, 0.25) is 0 Å². The number of carbonyl (C=O) groups excluding carboxylic acids is 2. The lowest BCUT2D eigenvalue weighted by molar-refractivity contribution is -0.131. The second kappa shape index (κ2) is 5.76. The molecule has 0 N–H and O–H groups in total. The number of anilines is 1. The van der Waals surface area contributed by atoms with Crippen LogP contribution in [0.3, 0.4) is 0 Å². The van der Waals surface area contributed by atoms with Gasteiger partial charge in [0.15, 0.2) is 5.67 Å². The quantitative estimate of drug-likeness (QED) is 0.774. The molecule has 0 aromatic heterocycles. The summed E-state index contributed by atoms with van der Waals surface area (Å²) in [6.07, 6.45) is 0.206. The molecular weight excluding hydrogens is 323 g/mol. The van der Waals surface area contributed by atoms with Gasteiger partial charge in [-0.1, -0.05) is 11.6 Å². The van der Waals surface area contributed by atoms with Crippen molar-refractivity contribution in [2.24, 2.45) is 5.92 Å². The molecule has 3 rings (SSSR count). The number of halogens is 2. The SMILES string of the molecule is COC(=O)c1ccc(N2C[C@H]3CN(C)CC[C@@]3(F)C2=O)cc1Cl. The van der Waals surface area contributed by atoms with Crippen LogP contribution in [-0.2, 0) is 9.53 Å². The van der Waals surface area contributed by atoms with Gasteiger partial charge in [-0.25, -0.2) is 9.18 Å². The van der Waals surface area contributed by atoms with E-state index in [9.17, 15) is 9.59 Å². The highest BCUT2D eigenvalue weighted by atomic mass is 35.5. The molecular formula is C16H18ClFN2O3. The van der Waals surface area contributed by atoms with Gasteiger partial charge in [-0.2, -0.15) is 0 Å². The van der Waals surface area contributed by atoms with Crippen molar-refractivity contribution >= 4 is 29.2 Å². The monoisotopic (exact) mass is 340 g/mol. The lowest BCUT2D eigenvalue weighted by Gasteiger charge is -2.34. The van der Waals surface area contributed by atoms with Gasteiger partial charge in [-0.3, -0.25) is 4.79 Å². The van der Waals surface area contributed by atoms with Gasteiger partial charge >= 0.3 is 5.97 Å². The maximum absolute atomic E-state index is 15.1. The van der Waals surface area contributed by atoms with E-state index in [1.807, 2.05) is 11.9 Å². The van der Waals surface area contributed by atoms with Crippen LogP contribution < -0.4 is 4.90 Å². The maximum Gasteiger partial charge on any atom is 0.339 e. The number of hydrogen-bond acceptors (Lipinski definition) is 4. The predicted molar refractivity (Wildman–Crippen MR) is 84.6 cm³/mol. The number of ether oxygens (including phenoxy) is 1. The van der Waals surface area contributed by atoms with Crippen LogP contribution in [-0.4, -0.2) is 56.2 Å². The zero-order valence-corrected chi connectivity index (χ0v) is 13.8. The Morgan fingerprint density at radius 3 is 2.83 bits per heavy atom. The molecule has 0 aliphatic carbocycles. The molecule has 0 unspecified atom stereocenters. The standard InChI is InChI=1S/C16H18ClFN2O3/c1-19-6-5-16(18)10(8-19)9-20(15(16)22)11-3-4-12(13(17)7-11)14(21)23-2/h3-4,7,10H,5-6,8-9H2,1-2H3/t10-,16+/m1/s1. The summed E-state index contributed by atoms with van der Waals surface area (Å²) in [4.78, 5) is 27.6. The van der Waals surface area contributed by atoms with E-state index in [2.05, 4.69) is 4.74 Å². The van der Waals surface area contributed by atoms with Gasteiger partial charge in [0.25, 0.3) is 5.91 Å². The molecule has 5 nitrogen and oxygen atoms in total. The summed E-state index contributed by atoms with van der Waals surface area (Å²) >= 11 is 6.10. The van der Waals surface area contributed by atoms with Gasteiger partial charge in [0.05, 0.1) is 17.7 Å². The summed E-state index contributed by atoms with van der Waals surface area (Å²) in [7, 11) is 3.19. The van der Waals surface area contributed by atoms with Gasteiger partial charge in [0, 0.05) is 37.7 Å². The third-order valence-electron chi connectivity index (χ3n) is 4.71. The van der Waals surface area contributed by atoms with E-state index >= 15 is 4.39 Å². The Kier molecular flexibility index (Phi) is 4.06. The summed E-state index contributed by atoms with van der Waals surface area (Å²) < 4.78 is 19.7. The van der Waals surface area contributed by atoms with Crippen molar-refractivity contribution in [1.82, 2.24) is 4.90 Å². The Morgan fingerprint density at radius 1 is 1.43 bits per heavy atom. The molecule has 2 atom stereocenters. The van der Waals surface area contributed by atoms with Crippen molar-refractivity contribution in [2.75, 3.05) is 38.7 Å². The fourth-order valence-corrected chi connectivity index (χ4v) is 3.60. The molecule has 2 fully saturated rings. The average molecular weight is 341 g/mol. The van der Waals surface area contributed by atoms with Crippen molar-refractivity contribution in [1.29, 1.82) is 0 Å². The minimum absolute atomic E-state index is 0.182. The number of likely N-dealkylation sites (tertiary alicyclic amines) is 1. The summed E-state index contributed by atoms with van der Waals surface area (Å²) in [5.41, 5.74) is -1.08. The Balaban J connectivity index is 1.90. The van der Waals surface area contributed by atoms with Crippen molar-refractivity contribution < 1.29 is 18.7 Å². The number of alkyl halides is 1. The van der Waals surface area contributed by atoms with E-state index < -0.39 is 17.5 Å². The van der Waals surface area contributed by atoms with E-state index in [1.54, 1.807) is 6.07 Å². The molecule has 0 radical (unpaired) electrons. The fraction of sp³-hybridized carbons (Fsp3) is 0.500. The first-order valence-electron chi connectivity index (χ1n) is 7.44. The summed E-state index contributed by atoms with van der Waals surface area (Å²) in [5, 5.41) is 0.182. The molecule has 1 aromatic rings. The highest BCUT2D eigenvalue weighted by Crippen LogP contribution is 2.41. The number of benzene rings is 1. The molecule has 7 heteroatoms. The molecule has 2 heterocycles. The molecule has 0 spiro atoms. The second-order valence-corrected chi connectivity index (χ2v) is 6.55. The number of piperidine rings is 1. The second-order valence-electron chi connectivity index (χ2n) is 6.14. The molecule has 0 bridgehead atoms. The zero-order chi connectivity index (χ0) is 16.8. The highest BCUT2D eigenvalue weighted by Gasteiger charge is 2.56. The first kappa shape index (κ1) is 16.2. The zero-order valence-electron chi connectivity index (χ0n) is 13.0. The van der Waals surface area contributed by atoms with Crippen LogP contribution in [0.1, 0.15) is 16.8 Å². The molecule has 2 aliphatic rings. The van der Waals surface area contributed by atoms with Gasteiger partial charge in [-0.05, 0) is 25.2 Å². The van der Waals surface area contributed by atoms with Crippen LogP contribution in [0.2, 0.25) is 5.02 Å². The van der Waals surface area contributed by atoms with Crippen LogP contribution >= 0.6 is 11.6 Å². The topological polar surface area (TPSA) is 49.9 Å². The Morgan fingerprint density at radius 2 is 2.17 bits per heavy atom. The van der Waals surface area contributed by atoms with Crippen LogP contribution in [0.5, 0.6) is 0 Å². The molecule has 1 amide bonds. The summed E-state index contributed by atoms with van der Waals surface area (Å²) in [6.45, 7) is 1.43. The van der Waals surface area contributed by atoms with Gasteiger partial charge in [-0.15, -0.1) is 0 Å². The molecule has 124 valence electrons. The van der Waals surface area contributed by atoms with E-state index in [4.69, 9.17) is 11.6 Å². The minimum Gasteiger partial charge on any atom is -0.465 e. The fourth-order valence-electron chi connectivity index (χ4n) is 3.35. The number of fused-ring (bicyclic) bond motifs is 1. The lowest BCUT2D eigenvalue weighted by Crippen LogP contribution is -2.49. The van der Waals surface area contributed by atoms with Crippen LogP contribution in [0, 0.1) is 5.92 Å². The predicted octanol–water partition coefficient (Wildman–Crippen LogP) is 2.13. The maximum atomic E-state index is 15.1. The summed E-state index contributed by atoms with van der Waals surface area (Å²) in [6, 6.07) is 4.60. The molecule has 0 saturated carbocycles. The number of carbonyl (C=O) groups is 2.